The highest BCUT2D eigenvalue weighted by Crippen LogP contribution is 2.29. The molecule has 0 aliphatic carbocycles. The summed E-state index contributed by atoms with van der Waals surface area (Å²) in [5.41, 5.74) is 5.18. The van der Waals surface area contributed by atoms with E-state index in [9.17, 15) is 0 Å². The van der Waals surface area contributed by atoms with E-state index in [0.717, 1.165) is 42.4 Å². The minimum absolute atomic E-state index is 0.433. The zero-order valence-electron chi connectivity index (χ0n) is 16.1. The molecule has 0 N–H and O–H groups in total. The molecular formula is C23H22ClN5. The van der Waals surface area contributed by atoms with E-state index in [4.69, 9.17) is 16.6 Å². The minimum Gasteiger partial charge on any atom is -0.298 e. The topological polar surface area (TPSA) is 46.3 Å². The lowest BCUT2D eigenvalue weighted by Gasteiger charge is -2.32. The van der Waals surface area contributed by atoms with Crippen LogP contribution in [0.15, 0.2) is 67.3 Å². The number of imidazole rings is 1. The Morgan fingerprint density at radius 3 is 2.93 bits per heavy atom. The summed E-state index contributed by atoms with van der Waals surface area (Å²) in [5, 5.41) is 0.686. The smallest absolute Gasteiger partial charge is 0.137 e. The maximum atomic E-state index is 6.19. The predicted octanol–water partition coefficient (Wildman–Crippen LogP) is 4.82. The van der Waals surface area contributed by atoms with Crippen molar-refractivity contribution in [3.63, 3.8) is 0 Å². The summed E-state index contributed by atoms with van der Waals surface area (Å²) in [6, 6.07) is 14.2. The maximum Gasteiger partial charge on any atom is 0.137 e. The Morgan fingerprint density at radius 2 is 2.03 bits per heavy atom. The Bertz CT molecular complexity index is 1120. The third kappa shape index (κ3) is 3.88. The van der Waals surface area contributed by atoms with Crippen molar-refractivity contribution in [1.29, 1.82) is 0 Å². The second-order valence-electron chi connectivity index (χ2n) is 7.60. The molecule has 4 aromatic rings. The van der Waals surface area contributed by atoms with Gasteiger partial charge in [0.2, 0.25) is 0 Å². The van der Waals surface area contributed by atoms with Gasteiger partial charge in [0.15, 0.2) is 0 Å². The van der Waals surface area contributed by atoms with Crippen LogP contribution >= 0.6 is 11.6 Å². The molecule has 0 radical (unpaired) electrons. The molecule has 0 spiro atoms. The SMILES string of the molecule is Clc1ccc2ncc(-c3cccc([C@H]4CCCN(Cc5cccnc5)C4)n3)n2c1. The summed E-state index contributed by atoms with van der Waals surface area (Å²) in [6.45, 7) is 3.08. The number of pyridine rings is 3. The first-order valence-electron chi connectivity index (χ1n) is 9.97. The Morgan fingerprint density at radius 1 is 1.07 bits per heavy atom. The van der Waals surface area contributed by atoms with Gasteiger partial charge in [0.05, 0.1) is 22.6 Å². The first-order valence-corrected chi connectivity index (χ1v) is 10.4. The van der Waals surface area contributed by atoms with Crippen molar-refractivity contribution in [2.24, 2.45) is 0 Å². The molecule has 6 heteroatoms. The number of hydrogen-bond donors (Lipinski definition) is 0. The predicted molar refractivity (Wildman–Crippen MR) is 115 cm³/mol. The molecule has 0 aromatic carbocycles. The van der Waals surface area contributed by atoms with Crippen molar-refractivity contribution in [2.45, 2.75) is 25.3 Å². The van der Waals surface area contributed by atoms with Gasteiger partial charge in [-0.1, -0.05) is 23.7 Å². The van der Waals surface area contributed by atoms with Gasteiger partial charge in [-0.2, -0.15) is 0 Å². The van der Waals surface area contributed by atoms with Crippen molar-refractivity contribution in [3.8, 4) is 11.4 Å². The van der Waals surface area contributed by atoms with E-state index < -0.39 is 0 Å². The molecule has 5 nitrogen and oxygen atoms in total. The number of nitrogens with zero attached hydrogens (tertiary/aromatic N) is 5. The summed E-state index contributed by atoms with van der Waals surface area (Å²) < 4.78 is 2.00. The third-order valence-electron chi connectivity index (χ3n) is 5.56. The van der Waals surface area contributed by atoms with Crippen molar-refractivity contribution < 1.29 is 0 Å². The minimum atomic E-state index is 0.433. The summed E-state index contributed by atoms with van der Waals surface area (Å²) in [7, 11) is 0. The zero-order chi connectivity index (χ0) is 19.6. The molecule has 0 bridgehead atoms. The van der Waals surface area contributed by atoms with Crippen LogP contribution in [-0.4, -0.2) is 37.3 Å². The molecule has 1 aliphatic rings. The van der Waals surface area contributed by atoms with Crippen molar-refractivity contribution in [3.05, 3.63) is 83.5 Å². The largest absolute Gasteiger partial charge is 0.298 e. The first-order chi connectivity index (χ1) is 14.3. The normalized spacial score (nSPS) is 17.6. The van der Waals surface area contributed by atoms with E-state index in [1.807, 2.05) is 53.5 Å². The fraction of sp³-hybridized carbons (Fsp3) is 0.261. The van der Waals surface area contributed by atoms with Crippen LogP contribution in [0.3, 0.4) is 0 Å². The van der Waals surface area contributed by atoms with E-state index in [-0.39, 0.29) is 0 Å². The van der Waals surface area contributed by atoms with Gasteiger partial charge in [-0.25, -0.2) is 4.98 Å². The number of hydrogen-bond acceptors (Lipinski definition) is 4. The highest BCUT2D eigenvalue weighted by atomic mass is 35.5. The fourth-order valence-corrected chi connectivity index (χ4v) is 4.32. The monoisotopic (exact) mass is 403 g/mol. The van der Waals surface area contributed by atoms with Crippen LogP contribution in [0, 0.1) is 0 Å². The van der Waals surface area contributed by atoms with Gasteiger partial charge in [-0.05, 0) is 55.3 Å². The molecule has 146 valence electrons. The number of fused-ring (bicyclic) bond motifs is 1. The van der Waals surface area contributed by atoms with Crippen molar-refractivity contribution in [1.82, 2.24) is 24.3 Å². The van der Waals surface area contributed by atoms with Gasteiger partial charge in [0, 0.05) is 43.3 Å². The molecule has 5 heterocycles. The molecule has 4 aromatic heterocycles. The summed E-state index contributed by atoms with van der Waals surface area (Å²) in [5.74, 6) is 0.433. The lowest BCUT2D eigenvalue weighted by atomic mass is 9.93. The van der Waals surface area contributed by atoms with E-state index in [2.05, 4.69) is 33.1 Å². The number of halogens is 1. The molecule has 29 heavy (non-hydrogen) atoms. The number of likely N-dealkylation sites (tertiary alicyclic amines) is 1. The van der Waals surface area contributed by atoms with Gasteiger partial charge in [-0.3, -0.25) is 19.3 Å². The lowest BCUT2D eigenvalue weighted by Crippen LogP contribution is -2.34. The zero-order valence-corrected chi connectivity index (χ0v) is 16.8. The first kappa shape index (κ1) is 18.3. The molecule has 1 aliphatic heterocycles. The van der Waals surface area contributed by atoms with Crippen LogP contribution in [0.2, 0.25) is 5.02 Å². The maximum absolute atomic E-state index is 6.19. The second kappa shape index (κ2) is 7.93. The molecule has 1 saturated heterocycles. The quantitative estimate of drug-likeness (QED) is 0.490. The molecule has 0 saturated carbocycles. The fourth-order valence-electron chi connectivity index (χ4n) is 4.16. The molecular weight excluding hydrogens is 382 g/mol. The van der Waals surface area contributed by atoms with Gasteiger partial charge in [-0.15, -0.1) is 0 Å². The summed E-state index contributed by atoms with van der Waals surface area (Å²) in [4.78, 5) is 16.3. The van der Waals surface area contributed by atoms with Crippen LogP contribution < -0.4 is 0 Å². The summed E-state index contributed by atoms with van der Waals surface area (Å²) >= 11 is 6.19. The van der Waals surface area contributed by atoms with Gasteiger partial charge < -0.3 is 0 Å². The Balaban J connectivity index is 1.39. The summed E-state index contributed by atoms with van der Waals surface area (Å²) in [6.07, 6.45) is 9.89. The molecule has 1 atom stereocenters. The highest BCUT2D eigenvalue weighted by Gasteiger charge is 2.23. The number of aromatic nitrogens is 4. The molecule has 0 amide bonds. The van der Waals surface area contributed by atoms with Gasteiger partial charge in [0.25, 0.3) is 0 Å². The van der Waals surface area contributed by atoms with E-state index >= 15 is 0 Å². The highest BCUT2D eigenvalue weighted by molar-refractivity contribution is 6.30. The average molecular weight is 404 g/mol. The van der Waals surface area contributed by atoms with E-state index in [1.54, 1.807) is 0 Å². The molecule has 5 rings (SSSR count). The lowest BCUT2D eigenvalue weighted by molar-refractivity contribution is 0.198. The van der Waals surface area contributed by atoms with Gasteiger partial charge in [0.1, 0.15) is 5.65 Å². The second-order valence-corrected chi connectivity index (χ2v) is 8.04. The number of rotatable bonds is 4. The van der Waals surface area contributed by atoms with Crippen LogP contribution in [0.25, 0.3) is 17.0 Å². The van der Waals surface area contributed by atoms with Crippen LogP contribution in [0.5, 0.6) is 0 Å². The molecule has 1 fully saturated rings. The Kier molecular flexibility index (Phi) is 5.00. The van der Waals surface area contributed by atoms with E-state index in [0.29, 0.717) is 10.9 Å². The van der Waals surface area contributed by atoms with Crippen LogP contribution in [-0.2, 0) is 6.54 Å². The van der Waals surface area contributed by atoms with Crippen molar-refractivity contribution in [2.75, 3.05) is 13.1 Å². The standard InChI is InChI=1S/C23H22ClN5/c24-19-8-9-23-26-13-22(29(23)16-19)21-7-1-6-20(27-21)18-5-3-11-28(15-18)14-17-4-2-10-25-12-17/h1-2,4,6-10,12-13,16,18H,3,5,11,14-15H2/t18-/m0/s1. The van der Waals surface area contributed by atoms with Crippen LogP contribution in [0.4, 0.5) is 0 Å². The van der Waals surface area contributed by atoms with E-state index in [1.165, 1.54) is 18.4 Å². The average Bonchev–Trinajstić information content (AvgIpc) is 3.18. The third-order valence-corrected chi connectivity index (χ3v) is 5.78. The van der Waals surface area contributed by atoms with Crippen LogP contribution in [0.1, 0.15) is 30.0 Å². The van der Waals surface area contributed by atoms with Gasteiger partial charge >= 0.3 is 0 Å². The van der Waals surface area contributed by atoms with Crippen molar-refractivity contribution >= 4 is 17.2 Å². The Hall–Kier alpha value is -2.76. The molecule has 0 unspecified atom stereocenters. The number of piperidine rings is 1. The Labute approximate surface area is 175 Å².